The third-order valence-corrected chi connectivity index (χ3v) is 2.51. The lowest BCUT2D eigenvalue weighted by molar-refractivity contribution is -0.161. The zero-order valence-electron chi connectivity index (χ0n) is 7.81. The molecule has 1 fully saturated rings. The van der Waals surface area contributed by atoms with Gasteiger partial charge in [-0.2, -0.15) is 13.2 Å². The van der Waals surface area contributed by atoms with Crippen molar-refractivity contribution in [2.45, 2.75) is 31.5 Å². The molecule has 0 aliphatic carbocycles. The SMILES string of the molecule is NNC(CC1CCOCC1)C(F)(F)F. The molecule has 0 aromatic heterocycles. The molecule has 1 rings (SSSR count). The minimum absolute atomic E-state index is 0.0450. The topological polar surface area (TPSA) is 47.3 Å². The quantitative estimate of drug-likeness (QED) is 0.546. The first-order valence-corrected chi connectivity index (χ1v) is 4.64. The fraction of sp³-hybridized carbons (Fsp3) is 1.00. The van der Waals surface area contributed by atoms with Gasteiger partial charge >= 0.3 is 6.18 Å². The minimum atomic E-state index is -4.26. The second kappa shape index (κ2) is 4.95. The van der Waals surface area contributed by atoms with Gasteiger partial charge in [-0.25, -0.2) is 5.43 Å². The smallest absolute Gasteiger partial charge is 0.381 e. The summed E-state index contributed by atoms with van der Waals surface area (Å²) in [6.07, 6.45) is -2.83. The maximum absolute atomic E-state index is 12.3. The van der Waals surface area contributed by atoms with Gasteiger partial charge in [0.25, 0.3) is 0 Å². The summed E-state index contributed by atoms with van der Waals surface area (Å²) < 4.78 is 42.0. The van der Waals surface area contributed by atoms with Gasteiger partial charge in [0, 0.05) is 13.2 Å². The first-order chi connectivity index (χ1) is 6.54. The monoisotopic (exact) mass is 212 g/mol. The van der Waals surface area contributed by atoms with Crippen LogP contribution in [0.5, 0.6) is 0 Å². The molecule has 1 heterocycles. The highest BCUT2D eigenvalue weighted by molar-refractivity contribution is 4.77. The molecule has 0 radical (unpaired) electrons. The van der Waals surface area contributed by atoms with Gasteiger partial charge in [-0.3, -0.25) is 5.84 Å². The van der Waals surface area contributed by atoms with Crippen molar-refractivity contribution < 1.29 is 17.9 Å². The summed E-state index contributed by atoms with van der Waals surface area (Å²) >= 11 is 0. The average molecular weight is 212 g/mol. The molecule has 3 nitrogen and oxygen atoms in total. The highest BCUT2D eigenvalue weighted by atomic mass is 19.4. The molecule has 0 aromatic rings. The lowest BCUT2D eigenvalue weighted by Gasteiger charge is -2.27. The molecule has 14 heavy (non-hydrogen) atoms. The van der Waals surface area contributed by atoms with Crippen molar-refractivity contribution in [3.8, 4) is 0 Å². The van der Waals surface area contributed by atoms with Crippen LogP contribution in [0.2, 0.25) is 0 Å². The van der Waals surface area contributed by atoms with Gasteiger partial charge < -0.3 is 4.74 Å². The number of ether oxygens (including phenoxy) is 1. The molecule has 0 amide bonds. The standard InChI is InChI=1S/C8H15F3N2O/c9-8(10,11)7(13-12)5-6-1-3-14-4-2-6/h6-7,13H,1-5,12H2. The molecule has 0 bridgehead atoms. The summed E-state index contributed by atoms with van der Waals surface area (Å²) in [5.41, 5.74) is 1.82. The Balaban J connectivity index is 2.39. The summed E-state index contributed by atoms with van der Waals surface area (Å²) in [6, 6.07) is -1.59. The highest BCUT2D eigenvalue weighted by Gasteiger charge is 2.40. The van der Waals surface area contributed by atoms with Crippen LogP contribution in [-0.2, 0) is 4.74 Å². The van der Waals surface area contributed by atoms with E-state index < -0.39 is 12.2 Å². The molecule has 0 aromatic carbocycles. The van der Waals surface area contributed by atoms with E-state index in [0.717, 1.165) is 0 Å². The van der Waals surface area contributed by atoms with Gasteiger partial charge in [0.15, 0.2) is 0 Å². The fourth-order valence-electron chi connectivity index (χ4n) is 1.61. The van der Waals surface area contributed by atoms with Crippen molar-refractivity contribution >= 4 is 0 Å². The van der Waals surface area contributed by atoms with Crippen LogP contribution in [0.25, 0.3) is 0 Å². The number of rotatable bonds is 3. The summed E-state index contributed by atoms with van der Waals surface area (Å²) in [7, 11) is 0. The molecular weight excluding hydrogens is 197 g/mol. The Kier molecular flexibility index (Phi) is 4.15. The van der Waals surface area contributed by atoms with E-state index in [1.165, 1.54) is 0 Å². The average Bonchev–Trinajstić information content (AvgIpc) is 2.14. The number of nitrogens with one attached hydrogen (secondary N) is 1. The molecule has 1 aliphatic rings. The maximum Gasteiger partial charge on any atom is 0.405 e. The Morgan fingerprint density at radius 1 is 1.36 bits per heavy atom. The van der Waals surface area contributed by atoms with E-state index in [1.807, 2.05) is 5.43 Å². The van der Waals surface area contributed by atoms with Gasteiger partial charge in [0.05, 0.1) is 0 Å². The fourth-order valence-corrected chi connectivity index (χ4v) is 1.61. The van der Waals surface area contributed by atoms with E-state index >= 15 is 0 Å². The van der Waals surface area contributed by atoms with Crippen LogP contribution in [-0.4, -0.2) is 25.4 Å². The van der Waals surface area contributed by atoms with E-state index in [2.05, 4.69) is 0 Å². The van der Waals surface area contributed by atoms with E-state index in [-0.39, 0.29) is 12.3 Å². The van der Waals surface area contributed by atoms with Crippen molar-refractivity contribution in [3.05, 3.63) is 0 Å². The molecule has 1 aliphatic heterocycles. The third kappa shape index (κ3) is 3.43. The van der Waals surface area contributed by atoms with Crippen molar-refractivity contribution in [2.24, 2.45) is 11.8 Å². The van der Waals surface area contributed by atoms with Crippen molar-refractivity contribution in [3.63, 3.8) is 0 Å². The largest absolute Gasteiger partial charge is 0.405 e. The van der Waals surface area contributed by atoms with Gasteiger partial charge in [-0.05, 0) is 25.2 Å². The molecule has 84 valence electrons. The lowest BCUT2D eigenvalue weighted by Crippen LogP contribution is -2.47. The first-order valence-electron chi connectivity index (χ1n) is 4.64. The second-order valence-corrected chi connectivity index (χ2v) is 3.55. The highest BCUT2D eigenvalue weighted by Crippen LogP contribution is 2.28. The van der Waals surface area contributed by atoms with E-state index in [4.69, 9.17) is 10.6 Å². The zero-order valence-corrected chi connectivity index (χ0v) is 7.81. The van der Waals surface area contributed by atoms with Gasteiger partial charge in [0.1, 0.15) is 6.04 Å². The molecule has 0 saturated carbocycles. The molecule has 1 atom stereocenters. The summed E-state index contributed by atoms with van der Waals surface area (Å²) in [4.78, 5) is 0. The van der Waals surface area contributed by atoms with Crippen LogP contribution < -0.4 is 11.3 Å². The molecular formula is C8H15F3N2O. The maximum atomic E-state index is 12.3. The normalized spacial score (nSPS) is 22.3. The molecule has 1 unspecified atom stereocenters. The van der Waals surface area contributed by atoms with Crippen LogP contribution in [0.3, 0.4) is 0 Å². The van der Waals surface area contributed by atoms with Gasteiger partial charge in [0.2, 0.25) is 0 Å². The van der Waals surface area contributed by atoms with Crippen molar-refractivity contribution in [1.29, 1.82) is 0 Å². The molecule has 6 heteroatoms. The Morgan fingerprint density at radius 3 is 2.36 bits per heavy atom. The van der Waals surface area contributed by atoms with Crippen LogP contribution >= 0.6 is 0 Å². The number of hydrogen-bond donors (Lipinski definition) is 2. The van der Waals surface area contributed by atoms with Crippen molar-refractivity contribution in [2.75, 3.05) is 13.2 Å². The molecule has 0 spiro atoms. The van der Waals surface area contributed by atoms with E-state index in [1.54, 1.807) is 0 Å². The minimum Gasteiger partial charge on any atom is -0.381 e. The Morgan fingerprint density at radius 2 is 1.93 bits per heavy atom. The predicted molar refractivity (Wildman–Crippen MR) is 45.3 cm³/mol. The Hall–Kier alpha value is -0.330. The summed E-state index contributed by atoms with van der Waals surface area (Å²) in [5.74, 6) is 4.94. The van der Waals surface area contributed by atoms with E-state index in [0.29, 0.717) is 26.1 Å². The number of alkyl halides is 3. The first kappa shape index (κ1) is 11.7. The molecule has 3 N–H and O–H groups in total. The van der Waals surface area contributed by atoms with E-state index in [9.17, 15) is 13.2 Å². The Labute approximate surface area is 80.8 Å². The summed E-state index contributed by atoms with van der Waals surface area (Å²) in [5, 5.41) is 0. The van der Waals surface area contributed by atoms with Gasteiger partial charge in [-0.1, -0.05) is 0 Å². The van der Waals surface area contributed by atoms with Crippen molar-refractivity contribution in [1.82, 2.24) is 5.43 Å². The lowest BCUT2D eigenvalue weighted by atomic mass is 9.92. The number of hydrazine groups is 1. The Bertz CT molecular complexity index is 168. The number of hydrogen-bond acceptors (Lipinski definition) is 3. The second-order valence-electron chi connectivity index (χ2n) is 3.55. The van der Waals surface area contributed by atoms with Gasteiger partial charge in [-0.15, -0.1) is 0 Å². The van der Waals surface area contributed by atoms with Crippen LogP contribution in [0, 0.1) is 5.92 Å². The van der Waals surface area contributed by atoms with Crippen LogP contribution in [0.1, 0.15) is 19.3 Å². The third-order valence-electron chi connectivity index (χ3n) is 2.51. The van der Waals surface area contributed by atoms with Crippen LogP contribution in [0.15, 0.2) is 0 Å². The zero-order chi connectivity index (χ0) is 10.6. The molecule has 1 saturated heterocycles. The number of halogens is 3. The number of nitrogens with two attached hydrogens (primary N) is 1. The summed E-state index contributed by atoms with van der Waals surface area (Å²) in [6.45, 7) is 1.11. The van der Waals surface area contributed by atoms with Crippen LogP contribution in [0.4, 0.5) is 13.2 Å². The predicted octanol–water partition coefficient (Wildman–Crippen LogP) is 1.20.